The van der Waals surface area contributed by atoms with Crippen molar-refractivity contribution in [2.45, 2.75) is 82.4 Å². The predicted molar refractivity (Wildman–Crippen MR) is 153 cm³/mol. The van der Waals surface area contributed by atoms with E-state index in [-0.39, 0.29) is 24.1 Å². The third-order valence-corrected chi connectivity index (χ3v) is 9.08. The van der Waals surface area contributed by atoms with Gasteiger partial charge in [-0.25, -0.2) is 4.52 Å². The van der Waals surface area contributed by atoms with Gasteiger partial charge >= 0.3 is 0 Å². The van der Waals surface area contributed by atoms with E-state index in [1.807, 2.05) is 24.4 Å². The molecule has 2 fully saturated rings. The minimum absolute atomic E-state index is 0.0268. The van der Waals surface area contributed by atoms with Crippen LogP contribution in [-0.2, 0) is 4.79 Å². The Labute approximate surface area is 236 Å². The van der Waals surface area contributed by atoms with Gasteiger partial charge in [-0.1, -0.05) is 11.3 Å². The van der Waals surface area contributed by atoms with Crippen LogP contribution in [0.25, 0.3) is 27.5 Å². The number of nitrogens with zero attached hydrogens (tertiary/aromatic N) is 6. The SMILES string of the molecule is CC(=O)NC1CCC(c2nnc(-c3cnc(-c4ccc5cc(C#N)cnn45)cc3N[C@H]3CCC[C@@H](O)C3)s2)CC1. The van der Waals surface area contributed by atoms with Gasteiger partial charge in [0.25, 0.3) is 0 Å². The van der Waals surface area contributed by atoms with Gasteiger partial charge in [0.2, 0.25) is 5.91 Å². The van der Waals surface area contributed by atoms with Gasteiger partial charge in [0, 0.05) is 36.8 Å². The second-order valence-corrected chi connectivity index (χ2v) is 11.9. The van der Waals surface area contributed by atoms with Gasteiger partial charge in [0.15, 0.2) is 5.01 Å². The first-order valence-electron chi connectivity index (χ1n) is 13.9. The third-order valence-electron chi connectivity index (χ3n) is 7.96. The molecule has 40 heavy (non-hydrogen) atoms. The highest BCUT2D eigenvalue weighted by Gasteiger charge is 2.27. The molecule has 0 aromatic carbocycles. The number of rotatable bonds is 6. The van der Waals surface area contributed by atoms with Gasteiger partial charge in [-0.2, -0.15) is 10.4 Å². The van der Waals surface area contributed by atoms with Crippen LogP contribution in [0.15, 0.2) is 36.7 Å². The summed E-state index contributed by atoms with van der Waals surface area (Å²) in [5.74, 6) is 0.365. The Kier molecular flexibility index (Phi) is 7.45. The number of aliphatic hydroxyl groups is 1. The van der Waals surface area contributed by atoms with Gasteiger partial charge < -0.3 is 15.7 Å². The standard InChI is InChI=1S/C29H32N8O2S/c1-17(38)33-20-7-5-19(6-8-20)28-35-36-29(40-28)24-16-31-26(13-25(24)34-21-3-2-4-23(39)12-21)27-10-9-22-11-18(14-30)15-32-37(22)27/h9-11,13,15-16,19-21,23,39H,2-8,12H2,1H3,(H,31,34)(H,33,38)/t19?,20?,21-,23+/m0/s1. The average Bonchev–Trinajstić information content (AvgIpc) is 3.61. The Hall–Kier alpha value is -3.88. The Balaban J connectivity index is 1.30. The summed E-state index contributed by atoms with van der Waals surface area (Å²) in [5.41, 5.74) is 4.71. The van der Waals surface area contributed by atoms with E-state index in [1.54, 1.807) is 35.0 Å². The lowest BCUT2D eigenvalue weighted by molar-refractivity contribution is -0.119. The fraction of sp³-hybridized carbons (Fsp3) is 0.448. The number of hydrogen-bond donors (Lipinski definition) is 3. The number of hydrogen-bond acceptors (Lipinski definition) is 9. The zero-order valence-corrected chi connectivity index (χ0v) is 23.2. The number of carbonyl (C=O) groups is 1. The van der Waals surface area contributed by atoms with Crippen molar-refractivity contribution >= 4 is 28.4 Å². The summed E-state index contributed by atoms with van der Waals surface area (Å²) < 4.78 is 1.79. The molecule has 6 rings (SSSR count). The normalized spacial score (nSPS) is 23.0. The molecule has 206 valence electrons. The average molecular weight is 557 g/mol. The number of nitriles is 1. The summed E-state index contributed by atoms with van der Waals surface area (Å²) in [6.07, 6.45) is 10.4. The molecule has 0 unspecified atom stereocenters. The minimum Gasteiger partial charge on any atom is -0.393 e. The lowest BCUT2D eigenvalue weighted by atomic mass is 9.86. The van der Waals surface area contributed by atoms with E-state index in [9.17, 15) is 15.2 Å². The highest BCUT2D eigenvalue weighted by Crippen LogP contribution is 2.39. The molecule has 3 N–H and O–H groups in total. The van der Waals surface area contributed by atoms with E-state index in [0.29, 0.717) is 17.9 Å². The van der Waals surface area contributed by atoms with Crippen molar-refractivity contribution in [1.82, 2.24) is 30.1 Å². The summed E-state index contributed by atoms with van der Waals surface area (Å²) in [5, 5.41) is 41.7. The molecule has 0 saturated heterocycles. The molecule has 2 aliphatic carbocycles. The van der Waals surface area contributed by atoms with Crippen LogP contribution in [0.2, 0.25) is 0 Å². The van der Waals surface area contributed by atoms with Gasteiger partial charge in [-0.05, 0) is 75.6 Å². The molecule has 0 bridgehead atoms. The summed E-state index contributed by atoms with van der Waals surface area (Å²) in [6, 6.07) is 10.2. The van der Waals surface area contributed by atoms with Crippen LogP contribution in [0.1, 0.15) is 74.8 Å². The number of nitrogens with one attached hydrogen (secondary N) is 2. The van der Waals surface area contributed by atoms with Gasteiger partial charge in [0.1, 0.15) is 11.1 Å². The first kappa shape index (κ1) is 26.3. The van der Waals surface area contributed by atoms with Crippen molar-refractivity contribution in [2.75, 3.05) is 5.32 Å². The van der Waals surface area contributed by atoms with Crippen LogP contribution in [0, 0.1) is 11.3 Å². The van der Waals surface area contributed by atoms with Crippen molar-refractivity contribution < 1.29 is 9.90 Å². The Morgan fingerprint density at radius 3 is 2.73 bits per heavy atom. The molecule has 2 atom stereocenters. The van der Waals surface area contributed by atoms with E-state index >= 15 is 0 Å². The maximum Gasteiger partial charge on any atom is 0.217 e. The second-order valence-electron chi connectivity index (χ2n) is 10.9. The van der Waals surface area contributed by atoms with Crippen molar-refractivity contribution in [3.05, 3.63) is 47.2 Å². The molecule has 0 aliphatic heterocycles. The molecule has 0 spiro atoms. The lowest BCUT2D eigenvalue weighted by Gasteiger charge is -2.28. The van der Waals surface area contributed by atoms with Crippen LogP contribution in [0.3, 0.4) is 0 Å². The molecule has 2 aliphatic rings. The molecule has 4 aromatic rings. The van der Waals surface area contributed by atoms with Crippen LogP contribution in [-0.4, -0.2) is 54.0 Å². The number of amides is 1. The van der Waals surface area contributed by atoms with E-state index in [0.717, 1.165) is 83.1 Å². The molecule has 4 heterocycles. The van der Waals surface area contributed by atoms with Crippen LogP contribution in [0.5, 0.6) is 0 Å². The van der Waals surface area contributed by atoms with Gasteiger partial charge in [0.05, 0.1) is 40.3 Å². The van der Waals surface area contributed by atoms with Crippen molar-refractivity contribution in [3.63, 3.8) is 0 Å². The highest BCUT2D eigenvalue weighted by atomic mass is 32.1. The summed E-state index contributed by atoms with van der Waals surface area (Å²) in [7, 11) is 0. The largest absolute Gasteiger partial charge is 0.393 e. The number of aliphatic hydroxyl groups excluding tert-OH is 1. The van der Waals surface area contributed by atoms with E-state index in [4.69, 9.17) is 4.98 Å². The fourth-order valence-electron chi connectivity index (χ4n) is 5.94. The zero-order valence-electron chi connectivity index (χ0n) is 22.4. The van der Waals surface area contributed by atoms with Gasteiger partial charge in [-0.3, -0.25) is 9.78 Å². The number of aromatic nitrogens is 5. The molecule has 11 heteroatoms. The third kappa shape index (κ3) is 5.55. The van der Waals surface area contributed by atoms with E-state index in [2.05, 4.69) is 32.0 Å². The summed E-state index contributed by atoms with van der Waals surface area (Å²) in [6.45, 7) is 1.57. The van der Waals surface area contributed by atoms with Crippen LogP contribution in [0.4, 0.5) is 5.69 Å². The second kappa shape index (κ2) is 11.3. The number of carbonyl (C=O) groups excluding carboxylic acids is 1. The molecular formula is C29H32N8O2S. The molecule has 10 nitrogen and oxygen atoms in total. The van der Waals surface area contributed by atoms with E-state index < -0.39 is 0 Å². The number of pyridine rings is 1. The topological polar surface area (TPSA) is 141 Å². The van der Waals surface area contributed by atoms with Crippen LogP contribution >= 0.6 is 11.3 Å². The number of fused-ring (bicyclic) bond motifs is 1. The maximum absolute atomic E-state index is 11.4. The predicted octanol–water partition coefficient (Wildman–Crippen LogP) is 4.66. The summed E-state index contributed by atoms with van der Waals surface area (Å²) >= 11 is 1.61. The smallest absolute Gasteiger partial charge is 0.217 e. The van der Waals surface area contributed by atoms with Crippen LogP contribution < -0.4 is 10.6 Å². The molecule has 0 radical (unpaired) electrons. The van der Waals surface area contributed by atoms with Crippen molar-refractivity contribution in [3.8, 4) is 28.0 Å². The first-order valence-corrected chi connectivity index (χ1v) is 14.7. The molecule has 2 saturated carbocycles. The van der Waals surface area contributed by atoms with Crippen molar-refractivity contribution in [1.29, 1.82) is 5.26 Å². The Morgan fingerprint density at radius 2 is 1.95 bits per heavy atom. The summed E-state index contributed by atoms with van der Waals surface area (Å²) in [4.78, 5) is 16.2. The highest BCUT2D eigenvalue weighted by molar-refractivity contribution is 7.14. The zero-order chi connectivity index (χ0) is 27.6. The Morgan fingerprint density at radius 1 is 1.10 bits per heavy atom. The lowest BCUT2D eigenvalue weighted by Crippen LogP contribution is -2.35. The van der Waals surface area contributed by atoms with Gasteiger partial charge in [-0.15, -0.1) is 10.2 Å². The minimum atomic E-state index is -0.301. The van der Waals surface area contributed by atoms with Crippen molar-refractivity contribution in [2.24, 2.45) is 0 Å². The maximum atomic E-state index is 11.4. The van der Waals surface area contributed by atoms with E-state index in [1.165, 1.54) is 0 Å². The monoisotopic (exact) mass is 556 g/mol. The quantitative estimate of drug-likeness (QED) is 0.311. The molecule has 4 aromatic heterocycles. The fourth-order valence-corrected chi connectivity index (χ4v) is 6.97. The first-order chi connectivity index (χ1) is 19.5. The number of anilines is 1. The Bertz CT molecular complexity index is 1570. The molecule has 1 amide bonds. The molecular weight excluding hydrogens is 524 g/mol.